The molecule has 2 aromatic carbocycles. The van der Waals surface area contributed by atoms with E-state index in [-0.39, 0.29) is 23.6 Å². The maximum Gasteiger partial charge on any atom is 0.230 e. The first-order chi connectivity index (χ1) is 15.5. The summed E-state index contributed by atoms with van der Waals surface area (Å²) < 4.78 is 13.3. The molecule has 1 aliphatic heterocycles. The van der Waals surface area contributed by atoms with E-state index in [1.807, 2.05) is 41.0 Å². The van der Waals surface area contributed by atoms with Crippen molar-refractivity contribution in [3.63, 3.8) is 0 Å². The molecule has 1 aromatic heterocycles. The molecule has 4 rings (SSSR count). The summed E-state index contributed by atoms with van der Waals surface area (Å²) in [5.74, 6) is 1.80. The number of fused-ring (bicyclic) bond motifs is 1. The van der Waals surface area contributed by atoms with Crippen LogP contribution in [0.1, 0.15) is 31.9 Å². The maximum absolute atomic E-state index is 12.8. The van der Waals surface area contributed by atoms with Crippen molar-refractivity contribution in [3.05, 3.63) is 59.4 Å². The number of nitrogens with zero attached hydrogens (tertiary/aromatic N) is 3. The second-order valence-electron chi connectivity index (χ2n) is 7.80. The van der Waals surface area contributed by atoms with Gasteiger partial charge in [0.05, 0.1) is 30.7 Å². The molecule has 2 heterocycles. The summed E-state index contributed by atoms with van der Waals surface area (Å²) >= 11 is 7.42. The number of ether oxygens (including phenoxy) is 2. The van der Waals surface area contributed by atoms with Gasteiger partial charge in [0.25, 0.3) is 0 Å². The van der Waals surface area contributed by atoms with Crippen molar-refractivity contribution in [3.8, 4) is 17.2 Å². The smallest absolute Gasteiger partial charge is 0.230 e. The zero-order valence-electron chi connectivity index (χ0n) is 18.0. The lowest BCUT2D eigenvalue weighted by Gasteiger charge is -2.24. The summed E-state index contributed by atoms with van der Waals surface area (Å²) in [6, 6.07) is 13.1. The summed E-state index contributed by atoms with van der Waals surface area (Å²) in [5.41, 5.74) is 1.84. The third kappa shape index (κ3) is 5.37. The Labute approximate surface area is 196 Å². The molecule has 1 atom stereocenters. The topological polar surface area (TPSA) is 78.3 Å². The maximum atomic E-state index is 12.8. The van der Waals surface area contributed by atoms with Crippen LogP contribution in [0.4, 0.5) is 0 Å². The largest absolute Gasteiger partial charge is 0.490 e. The van der Waals surface area contributed by atoms with Crippen LogP contribution in [0.25, 0.3) is 5.69 Å². The van der Waals surface area contributed by atoms with E-state index in [1.165, 1.54) is 11.8 Å². The number of thioether (sulfide) groups is 1. The van der Waals surface area contributed by atoms with Crippen LogP contribution in [0.2, 0.25) is 5.02 Å². The van der Waals surface area contributed by atoms with Gasteiger partial charge in [0.15, 0.2) is 16.7 Å². The lowest BCUT2D eigenvalue weighted by atomic mass is 9.95. The van der Waals surface area contributed by atoms with Crippen molar-refractivity contribution in [1.29, 1.82) is 0 Å². The molecule has 1 N–H and O–H groups in total. The zero-order chi connectivity index (χ0) is 22.5. The third-order valence-electron chi connectivity index (χ3n) is 5.05. The number of hydrogen-bond donors (Lipinski definition) is 1. The molecule has 0 aliphatic carbocycles. The Morgan fingerprint density at radius 1 is 1.19 bits per heavy atom. The molecular formula is C23H25ClN4O3S. The molecule has 0 fully saturated rings. The van der Waals surface area contributed by atoms with E-state index >= 15 is 0 Å². The van der Waals surface area contributed by atoms with Gasteiger partial charge in [-0.2, -0.15) is 0 Å². The fraction of sp³-hybridized carbons (Fsp3) is 0.348. The normalized spacial score (nSPS) is 14.1. The van der Waals surface area contributed by atoms with Gasteiger partial charge < -0.3 is 14.8 Å². The Morgan fingerprint density at radius 2 is 2.00 bits per heavy atom. The standard InChI is InChI=1S/C23H25ClN4O3S/c1-15(2)22(16-7-8-19-20(11-16)31-10-4-9-30-19)26-21(29)13-32-23-27-25-14-28(23)18-6-3-5-17(24)12-18/h3,5-8,11-12,14-15,22H,4,9-10,13H2,1-2H3,(H,26,29). The first kappa shape index (κ1) is 22.5. The van der Waals surface area contributed by atoms with Crippen molar-refractivity contribution < 1.29 is 14.3 Å². The molecule has 32 heavy (non-hydrogen) atoms. The number of aromatic nitrogens is 3. The highest BCUT2D eigenvalue weighted by Crippen LogP contribution is 2.34. The van der Waals surface area contributed by atoms with Crippen LogP contribution < -0.4 is 14.8 Å². The van der Waals surface area contributed by atoms with Gasteiger partial charge in [0.1, 0.15) is 6.33 Å². The molecular weight excluding hydrogens is 448 g/mol. The van der Waals surface area contributed by atoms with Gasteiger partial charge in [-0.15, -0.1) is 10.2 Å². The van der Waals surface area contributed by atoms with Crippen LogP contribution in [0.15, 0.2) is 53.9 Å². The number of rotatable bonds is 7. The average Bonchev–Trinajstić information content (AvgIpc) is 3.12. The molecule has 1 amide bonds. The molecule has 1 aliphatic rings. The number of carbonyl (C=O) groups is 1. The minimum Gasteiger partial charge on any atom is -0.490 e. The summed E-state index contributed by atoms with van der Waals surface area (Å²) in [6.07, 6.45) is 2.46. The van der Waals surface area contributed by atoms with Crippen molar-refractivity contribution >= 4 is 29.3 Å². The van der Waals surface area contributed by atoms with E-state index in [1.54, 1.807) is 12.4 Å². The van der Waals surface area contributed by atoms with Crippen molar-refractivity contribution in [1.82, 2.24) is 20.1 Å². The summed E-state index contributed by atoms with van der Waals surface area (Å²) in [6.45, 7) is 5.43. The monoisotopic (exact) mass is 472 g/mol. The van der Waals surface area contributed by atoms with E-state index in [9.17, 15) is 4.79 Å². The van der Waals surface area contributed by atoms with E-state index < -0.39 is 0 Å². The molecule has 0 saturated heterocycles. The number of amides is 1. The Bertz CT molecular complexity index is 1090. The van der Waals surface area contributed by atoms with Gasteiger partial charge in [-0.3, -0.25) is 9.36 Å². The first-order valence-electron chi connectivity index (χ1n) is 10.5. The van der Waals surface area contributed by atoms with E-state index in [4.69, 9.17) is 21.1 Å². The van der Waals surface area contributed by atoms with Gasteiger partial charge in [-0.25, -0.2) is 0 Å². The fourth-order valence-corrected chi connectivity index (χ4v) is 4.40. The Kier molecular flexibility index (Phi) is 7.22. The second-order valence-corrected chi connectivity index (χ2v) is 9.18. The Morgan fingerprint density at radius 3 is 2.78 bits per heavy atom. The SMILES string of the molecule is CC(C)C(NC(=O)CSc1nncn1-c1cccc(Cl)c1)c1ccc2c(c1)OCCCO2. The molecule has 1 unspecified atom stereocenters. The number of carbonyl (C=O) groups excluding carboxylic acids is 1. The molecule has 0 saturated carbocycles. The predicted octanol–water partition coefficient (Wildman–Crippen LogP) is 4.69. The predicted molar refractivity (Wildman–Crippen MR) is 125 cm³/mol. The van der Waals surface area contributed by atoms with Crippen LogP contribution >= 0.6 is 23.4 Å². The minimum atomic E-state index is -0.147. The number of halogens is 1. The van der Waals surface area contributed by atoms with Crippen molar-refractivity contribution in [2.75, 3.05) is 19.0 Å². The number of benzene rings is 2. The van der Waals surface area contributed by atoms with Crippen LogP contribution in [0, 0.1) is 5.92 Å². The molecule has 0 radical (unpaired) electrons. The Hall–Kier alpha value is -2.71. The third-order valence-corrected chi connectivity index (χ3v) is 6.23. The van der Waals surface area contributed by atoms with Crippen molar-refractivity contribution in [2.45, 2.75) is 31.5 Å². The van der Waals surface area contributed by atoms with E-state index in [0.29, 0.717) is 23.4 Å². The summed E-state index contributed by atoms with van der Waals surface area (Å²) in [5, 5.41) is 12.5. The highest BCUT2D eigenvalue weighted by Gasteiger charge is 2.21. The summed E-state index contributed by atoms with van der Waals surface area (Å²) in [7, 11) is 0. The van der Waals surface area contributed by atoms with Gasteiger partial charge in [-0.1, -0.05) is 49.3 Å². The molecule has 168 valence electrons. The molecule has 9 heteroatoms. The Balaban J connectivity index is 1.43. The lowest BCUT2D eigenvalue weighted by molar-refractivity contribution is -0.119. The van der Waals surface area contributed by atoms with Gasteiger partial charge >= 0.3 is 0 Å². The summed E-state index contributed by atoms with van der Waals surface area (Å²) in [4.78, 5) is 12.8. The highest BCUT2D eigenvalue weighted by molar-refractivity contribution is 7.99. The molecule has 0 spiro atoms. The van der Waals surface area contributed by atoms with Gasteiger partial charge in [-0.05, 0) is 41.8 Å². The number of hydrogen-bond acceptors (Lipinski definition) is 6. The van der Waals surface area contributed by atoms with E-state index in [2.05, 4.69) is 29.4 Å². The lowest BCUT2D eigenvalue weighted by Crippen LogP contribution is -2.33. The quantitative estimate of drug-likeness (QED) is 0.503. The molecule has 7 nitrogen and oxygen atoms in total. The van der Waals surface area contributed by atoms with Crippen LogP contribution in [0.3, 0.4) is 0 Å². The number of nitrogens with one attached hydrogen (secondary N) is 1. The fourth-order valence-electron chi connectivity index (χ4n) is 3.48. The minimum absolute atomic E-state index is 0.0820. The van der Waals surface area contributed by atoms with Gasteiger partial charge in [0.2, 0.25) is 5.91 Å². The van der Waals surface area contributed by atoms with Crippen LogP contribution in [0.5, 0.6) is 11.5 Å². The van der Waals surface area contributed by atoms with Crippen LogP contribution in [-0.2, 0) is 4.79 Å². The highest BCUT2D eigenvalue weighted by atomic mass is 35.5. The van der Waals surface area contributed by atoms with E-state index in [0.717, 1.165) is 29.2 Å². The van der Waals surface area contributed by atoms with Gasteiger partial charge in [0, 0.05) is 11.4 Å². The van der Waals surface area contributed by atoms with Crippen molar-refractivity contribution in [2.24, 2.45) is 5.92 Å². The molecule has 3 aromatic rings. The average molecular weight is 473 g/mol. The van der Waals surface area contributed by atoms with Crippen LogP contribution in [-0.4, -0.2) is 39.6 Å². The zero-order valence-corrected chi connectivity index (χ0v) is 19.5. The second kappa shape index (κ2) is 10.3. The molecule has 0 bridgehead atoms. The first-order valence-corrected chi connectivity index (χ1v) is 11.9.